The highest BCUT2D eigenvalue weighted by atomic mass is 19.1. The lowest BCUT2D eigenvalue weighted by Crippen LogP contribution is -2.53. The van der Waals surface area contributed by atoms with Gasteiger partial charge in [0.15, 0.2) is 0 Å². The van der Waals surface area contributed by atoms with E-state index < -0.39 is 5.41 Å². The standard InChI is InChI=1S/C23H27FN2O2/c24-20-9-7-19(8-10-20)23(11-4-12-23)22(27)25-15-21-17-26(13-14-28-21)16-18-5-2-1-3-6-18/h1-3,5-10,21H,4,11-17H2,(H,25,27). The van der Waals surface area contributed by atoms with E-state index in [1.807, 2.05) is 6.07 Å². The van der Waals surface area contributed by atoms with Gasteiger partial charge in [-0.15, -0.1) is 0 Å². The Morgan fingerprint density at radius 2 is 1.89 bits per heavy atom. The Morgan fingerprint density at radius 3 is 2.57 bits per heavy atom. The maximum atomic E-state index is 13.3. The van der Waals surface area contributed by atoms with Crippen molar-refractivity contribution in [1.82, 2.24) is 10.2 Å². The maximum absolute atomic E-state index is 13.3. The molecule has 2 aromatic rings. The molecule has 4 rings (SSSR count). The molecular formula is C23H27FN2O2. The van der Waals surface area contributed by atoms with E-state index in [1.165, 1.54) is 17.7 Å². The summed E-state index contributed by atoms with van der Waals surface area (Å²) >= 11 is 0. The first kappa shape index (κ1) is 19.1. The summed E-state index contributed by atoms with van der Waals surface area (Å²) in [6, 6.07) is 16.8. The van der Waals surface area contributed by atoms with Gasteiger partial charge in [-0.1, -0.05) is 48.9 Å². The van der Waals surface area contributed by atoms with Crippen LogP contribution >= 0.6 is 0 Å². The predicted octanol–water partition coefficient (Wildman–Crippen LogP) is 3.26. The molecule has 2 aliphatic rings. The van der Waals surface area contributed by atoms with E-state index in [-0.39, 0.29) is 17.8 Å². The minimum absolute atomic E-state index is 0.00763. The van der Waals surface area contributed by atoms with Gasteiger partial charge in [0.25, 0.3) is 0 Å². The third-order valence-electron chi connectivity index (χ3n) is 6.00. The summed E-state index contributed by atoms with van der Waals surface area (Å²) in [6.45, 7) is 3.79. The van der Waals surface area contributed by atoms with E-state index in [9.17, 15) is 9.18 Å². The smallest absolute Gasteiger partial charge is 0.230 e. The summed E-state index contributed by atoms with van der Waals surface area (Å²) in [4.78, 5) is 15.3. The number of ether oxygens (including phenoxy) is 1. The SMILES string of the molecule is O=C(NCC1CN(Cc2ccccc2)CCO1)C1(c2ccc(F)cc2)CCC1. The van der Waals surface area contributed by atoms with Crippen LogP contribution in [0.2, 0.25) is 0 Å². The quantitative estimate of drug-likeness (QED) is 0.834. The van der Waals surface area contributed by atoms with Crippen molar-refractivity contribution in [1.29, 1.82) is 0 Å². The number of morpholine rings is 1. The van der Waals surface area contributed by atoms with Crippen molar-refractivity contribution in [2.45, 2.75) is 37.3 Å². The van der Waals surface area contributed by atoms with Crippen LogP contribution in [-0.4, -0.2) is 43.2 Å². The average Bonchev–Trinajstić information content (AvgIpc) is 2.68. The number of hydrogen-bond donors (Lipinski definition) is 1. The predicted molar refractivity (Wildman–Crippen MR) is 106 cm³/mol. The highest BCUT2D eigenvalue weighted by Gasteiger charge is 2.45. The van der Waals surface area contributed by atoms with Gasteiger partial charge in [-0.05, 0) is 36.1 Å². The number of carbonyl (C=O) groups excluding carboxylic acids is 1. The third-order valence-corrected chi connectivity index (χ3v) is 6.00. The van der Waals surface area contributed by atoms with Gasteiger partial charge in [-0.25, -0.2) is 4.39 Å². The van der Waals surface area contributed by atoms with Crippen LogP contribution in [-0.2, 0) is 21.5 Å². The minimum Gasteiger partial charge on any atom is -0.374 e. The number of nitrogens with zero attached hydrogens (tertiary/aromatic N) is 1. The molecule has 28 heavy (non-hydrogen) atoms. The second-order valence-corrected chi connectivity index (χ2v) is 7.87. The summed E-state index contributed by atoms with van der Waals surface area (Å²) in [5.74, 6) is -0.234. The molecule has 1 aliphatic carbocycles. The lowest BCUT2D eigenvalue weighted by molar-refractivity contribution is -0.131. The molecule has 1 amide bonds. The molecule has 0 bridgehead atoms. The number of hydrogen-bond acceptors (Lipinski definition) is 3. The molecule has 1 atom stereocenters. The number of rotatable bonds is 6. The van der Waals surface area contributed by atoms with Crippen LogP contribution in [0.3, 0.4) is 0 Å². The molecule has 4 nitrogen and oxygen atoms in total. The second kappa shape index (κ2) is 8.41. The minimum atomic E-state index is -0.508. The molecule has 1 saturated heterocycles. The van der Waals surface area contributed by atoms with E-state index in [2.05, 4.69) is 34.5 Å². The Bertz CT molecular complexity index is 790. The van der Waals surface area contributed by atoms with E-state index in [0.29, 0.717) is 13.2 Å². The largest absolute Gasteiger partial charge is 0.374 e. The Labute approximate surface area is 165 Å². The zero-order valence-corrected chi connectivity index (χ0v) is 16.1. The van der Waals surface area contributed by atoms with Crippen molar-refractivity contribution in [2.24, 2.45) is 0 Å². The molecule has 2 aromatic carbocycles. The monoisotopic (exact) mass is 382 g/mol. The first-order valence-corrected chi connectivity index (χ1v) is 10.1. The van der Waals surface area contributed by atoms with Crippen LogP contribution in [0.15, 0.2) is 54.6 Å². The highest BCUT2D eigenvalue weighted by Crippen LogP contribution is 2.44. The zero-order valence-electron chi connectivity index (χ0n) is 16.1. The van der Waals surface area contributed by atoms with Gasteiger partial charge in [0, 0.05) is 26.2 Å². The molecule has 1 aliphatic heterocycles. The fourth-order valence-electron chi connectivity index (χ4n) is 4.21. The number of benzene rings is 2. The van der Waals surface area contributed by atoms with Crippen molar-refractivity contribution in [3.63, 3.8) is 0 Å². The molecular weight excluding hydrogens is 355 g/mol. The van der Waals surface area contributed by atoms with Gasteiger partial charge >= 0.3 is 0 Å². The molecule has 5 heteroatoms. The molecule has 2 fully saturated rings. The summed E-state index contributed by atoms with van der Waals surface area (Å²) in [5, 5.41) is 3.11. The molecule has 1 heterocycles. The second-order valence-electron chi connectivity index (χ2n) is 7.87. The van der Waals surface area contributed by atoms with Crippen LogP contribution < -0.4 is 5.32 Å². The van der Waals surface area contributed by atoms with E-state index >= 15 is 0 Å². The van der Waals surface area contributed by atoms with E-state index in [4.69, 9.17) is 4.74 Å². The Kier molecular flexibility index (Phi) is 5.74. The number of nitrogens with one attached hydrogen (secondary N) is 1. The lowest BCUT2D eigenvalue weighted by atomic mass is 9.64. The van der Waals surface area contributed by atoms with Crippen LogP contribution in [0.4, 0.5) is 4.39 Å². The van der Waals surface area contributed by atoms with Crippen LogP contribution in [0, 0.1) is 5.82 Å². The van der Waals surface area contributed by atoms with Gasteiger partial charge in [-0.3, -0.25) is 9.69 Å². The van der Waals surface area contributed by atoms with Crippen molar-refractivity contribution >= 4 is 5.91 Å². The van der Waals surface area contributed by atoms with Crippen LogP contribution in [0.25, 0.3) is 0 Å². The first-order valence-electron chi connectivity index (χ1n) is 10.1. The van der Waals surface area contributed by atoms with Crippen LogP contribution in [0.5, 0.6) is 0 Å². The summed E-state index contributed by atoms with van der Waals surface area (Å²) < 4.78 is 19.1. The summed E-state index contributed by atoms with van der Waals surface area (Å²) in [5.41, 5.74) is 1.69. The zero-order chi connectivity index (χ0) is 19.4. The molecule has 1 N–H and O–H groups in total. The van der Waals surface area contributed by atoms with Gasteiger partial charge < -0.3 is 10.1 Å². The molecule has 1 unspecified atom stereocenters. The van der Waals surface area contributed by atoms with Crippen molar-refractivity contribution < 1.29 is 13.9 Å². The molecule has 0 radical (unpaired) electrons. The fraction of sp³-hybridized carbons (Fsp3) is 0.435. The average molecular weight is 382 g/mol. The van der Waals surface area contributed by atoms with Gasteiger partial charge in [0.1, 0.15) is 5.82 Å². The normalized spacial score (nSPS) is 21.7. The Hall–Kier alpha value is -2.24. The Morgan fingerprint density at radius 1 is 1.14 bits per heavy atom. The Balaban J connectivity index is 1.33. The van der Waals surface area contributed by atoms with Gasteiger partial charge in [-0.2, -0.15) is 0 Å². The van der Waals surface area contributed by atoms with Crippen molar-refractivity contribution in [3.05, 3.63) is 71.5 Å². The van der Waals surface area contributed by atoms with E-state index in [1.54, 1.807) is 12.1 Å². The highest BCUT2D eigenvalue weighted by molar-refractivity contribution is 5.89. The summed E-state index contributed by atoms with van der Waals surface area (Å²) in [6.07, 6.45) is 2.65. The van der Waals surface area contributed by atoms with Crippen LogP contribution in [0.1, 0.15) is 30.4 Å². The van der Waals surface area contributed by atoms with Gasteiger partial charge in [0.2, 0.25) is 5.91 Å². The van der Waals surface area contributed by atoms with Gasteiger partial charge in [0.05, 0.1) is 18.1 Å². The summed E-state index contributed by atoms with van der Waals surface area (Å²) in [7, 11) is 0. The number of amides is 1. The lowest BCUT2D eigenvalue weighted by Gasteiger charge is -2.41. The number of halogens is 1. The fourth-order valence-corrected chi connectivity index (χ4v) is 4.21. The van der Waals surface area contributed by atoms with E-state index in [0.717, 1.165) is 44.5 Å². The third kappa shape index (κ3) is 4.10. The molecule has 148 valence electrons. The van der Waals surface area contributed by atoms with Crippen molar-refractivity contribution in [3.8, 4) is 0 Å². The number of carbonyl (C=O) groups is 1. The molecule has 0 aromatic heterocycles. The maximum Gasteiger partial charge on any atom is 0.230 e. The van der Waals surface area contributed by atoms with Crippen molar-refractivity contribution in [2.75, 3.05) is 26.2 Å². The molecule has 0 spiro atoms. The topological polar surface area (TPSA) is 41.6 Å². The first-order chi connectivity index (χ1) is 13.7. The molecule has 1 saturated carbocycles.